The Balaban J connectivity index is 3.26. The Hall–Kier alpha value is -0.980. The van der Waals surface area contributed by atoms with Crippen LogP contribution in [-0.4, -0.2) is 31.4 Å². The lowest BCUT2D eigenvalue weighted by molar-refractivity contribution is 0.275. The maximum Gasteiger partial charge on any atom is 0.242 e. The first-order chi connectivity index (χ1) is 8.99. The molecule has 6 heteroatoms. The molecule has 1 N–H and O–H groups in total. The summed E-state index contributed by atoms with van der Waals surface area (Å²) in [6.45, 7) is 7.12. The maximum atomic E-state index is 13.7. The Kier molecular flexibility index (Phi) is 4.94. The van der Waals surface area contributed by atoms with E-state index in [-0.39, 0.29) is 21.4 Å². The summed E-state index contributed by atoms with van der Waals surface area (Å²) in [4.78, 5) is 0.00667. The second kappa shape index (κ2) is 5.79. The normalized spacial score (nSPS) is 13.0. The van der Waals surface area contributed by atoms with Crippen LogP contribution in [-0.2, 0) is 16.6 Å². The molecule has 0 radical (unpaired) electrons. The van der Waals surface area contributed by atoms with Crippen LogP contribution < -0.4 is 0 Å². The van der Waals surface area contributed by atoms with Crippen molar-refractivity contribution in [1.82, 2.24) is 4.31 Å². The molecule has 0 fully saturated rings. The zero-order chi connectivity index (χ0) is 15.7. The van der Waals surface area contributed by atoms with E-state index in [1.165, 1.54) is 30.4 Å². The molecule has 0 aliphatic carbocycles. The first-order valence-corrected chi connectivity index (χ1v) is 7.79. The third kappa shape index (κ3) is 3.77. The van der Waals surface area contributed by atoms with E-state index < -0.39 is 22.4 Å². The Morgan fingerprint density at radius 1 is 1.30 bits per heavy atom. The molecule has 0 aromatic heterocycles. The van der Waals surface area contributed by atoms with Crippen LogP contribution >= 0.6 is 0 Å². The van der Waals surface area contributed by atoms with E-state index in [1.54, 1.807) is 0 Å². The lowest BCUT2D eigenvalue weighted by Gasteiger charge is -2.26. The topological polar surface area (TPSA) is 57.6 Å². The first kappa shape index (κ1) is 17.1. The van der Waals surface area contributed by atoms with Crippen molar-refractivity contribution in [2.24, 2.45) is 5.41 Å². The minimum atomic E-state index is -3.69. The molecule has 0 aliphatic heterocycles. The minimum Gasteiger partial charge on any atom is -0.392 e. The van der Waals surface area contributed by atoms with Gasteiger partial charge in [-0.15, -0.1) is 0 Å². The van der Waals surface area contributed by atoms with E-state index in [2.05, 4.69) is 0 Å². The highest BCUT2D eigenvalue weighted by molar-refractivity contribution is 7.89. The number of hydrogen-bond donors (Lipinski definition) is 1. The SMILES string of the molecule is Cc1cc(S(=O)(=O)N(C)CC(C)(C)C)cc(CO)c1F. The highest BCUT2D eigenvalue weighted by Crippen LogP contribution is 2.24. The van der Waals surface area contributed by atoms with Crippen molar-refractivity contribution in [3.05, 3.63) is 29.1 Å². The van der Waals surface area contributed by atoms with E-state index in [0.717, 1.165) is 0 Å². The fourth-order valence-corrected chi connectivity index (χ4v) is 3.54. The van der Waals surface area contributed by atoms with Crippen LogP contribution in [0.1, 0.15) is 31.9 Å². The third-order valence-electron chi connectivity index (χ3n) is 2.88. The monoisotopic (exact) mass is 303 g/mol. The summed E-state index contributed by atoms with van der Waals surface area (Å²) in [6.07, 6.45) is 0. The quantitative estimate of drug-likeness (QED) is 0.928. The molecule has 1 aromatic carbocycles. The van der Waals surface area contributed by atoms with Gasteiger partial charge in [0, 0.05) is 19.2 Å². The van der Waals surface area contributed by atoms with Crippen LogP contribution in [0.4, 0.5) is 4.39 Å². The predicted octanol–water partition coefficient (Wildman–Crippen LogP) is 2.29. The Morgan fingerprint density at radius 2 is 1.85 bits per heavy atom. The van der Waals surface area contributed by atoms with Crippen LogP contribution in [0.5, 0.6) is 0 Å². The maximum absolute atomic E-state index is 13.7. The summed E-state index contributed by atoms with van der Waals surface area (Å²) in [7, 11) is -2.19. The number of sulfonamides is 1. The van der Waals surface area contributed by atoms with Gasteiger partial charge in [0.1, 0.15) is 5.82 Å². The van der Waals surface area contributed by atoms with Crippen LogP contribution in [0.2, 0.25) is 0 Å². The van der Waals surface area contributed by atoms with Crippen molar-refractivity contribution in [1.29, 1.82) is 0 Å². The predicted molar refractivity (Wildman–Crippen MR) is 76.3 cm³/mol. The fourth-order valence-electron chi connectivity index (χ4n) is 2.00. The molecule has 0 saturated heterocycles. The van der Waals surface area contributed by atoms with Crippen LogP contribution in [0.3, 0.4) is 0 Å². The lowest BCUT2D eigenvalue weighted by Crippen LogP contribution is -2.34. The van der Waals surface area contributed by atoms with Crippen LogP contribution in [0.15, 0.2) is 17.0 Å². The van der Waals surface area contributed by atoms with Gasteiger partial charge < -0.3 is 5.11 Å². The van der Waals surface area contributed by atoms with Gasteiger partial charge in [-0.1, -0.05) is 20.8 Å². The van der Waals surface area contributed by atoms with E-state index in [9.17, 15) is 12.8 Å². The smallest absolute Gasteiger partial charge is 0.242 e. The van der Waals surface area contributed by atoms with Gasteiger partial charge in [0.05, 0.1) is 11.5 Å². The van der Waals surface area contributed by atoms with Crippen molar-refractivity contribution in [2.45, 2.75) is 39.2 Å². The number of aliphatic hydroxyl groups is 1. The summed E-state index contributed by atoms with van der Waals surface area (Å²) >= 11 is 0. The molecule has 20 heavy (non-hydrogen) atoms. The molecule has 0 saturated carbocycles. The number of hydrogen-bond acceptors (Lipinski definition) is 3. The Labute approximate surface area is 120 Å². The van der Waals surface area contributed by atoms with Gasteiger partial charge in [-0.25, -0.2) is 17.1 Å². The number of rotatable bonds is 4. The summed E-state index contributed by atoms with van der Waals surface area (Å²) in [5.41, 5.74) is 0.0171. The largest absolute Gasteiger partial charge is 0.392 e. The van der Waals surface area contributed by atoms with Crippen LogP contribution in [0.25, 0.3) is 0 Å². The van der Waals surface area contributed by atoms with Gasteiger partial charge in [0.2, 0.25) is 10.0 Å². The zero-order valence-corrected chi connectivity index (χ0v) is 13.4. The van der Waals surface area contributed by atoms with E-state index >= 15 is 0 Å². The summed E-state index contributed by atoms with van der Waals surface area (Å²) in [5, 5.41) is 9.11. The molecule has 0 amide bonds. The lowest BCUT2D eigenvalue weighted by atomic mass is 9.97. The zero-order valence-electron chi connectivity index (χ0n) is 12.6. The molecule has 1 rings (SSSR count). The van der Waals surface area contributed by atoms with Gasteiger partial charge in [-0.05, 0) is 30.0 Å². The number of aliphatic hydroxyl groups excluding tert-OH is 1. The third-order valence-corrected chi connectivity index (χ3v) is 4.66. The fraction of sp³-hybridized carbons (Fsp3) is 0.571. The number of halogens is 1. The first-order valence-electron chi connectivity index (χ1n) is 6.35. The minimum absolute atomic E-state index is 0.00667. The van der Waals surface area contributed by atoms with Gasteiger partial charge in [-0.3, -0.25) is 0 Å². The molecule has 4 nitrogen and oxygen atoms in total. The highest BCUT2D eigenvalue weighted by atomic mass is 32.2. The highest BCUT2D eigenvalue weighted by Gasteiger charge is 2.26. The average Bonchev–Trinajstić information content (AvgIpc) is 2.30. The van der Waals surface area contributed by atoms with E-state index in [1.807, 2.05) is 20.8 Å². The number of benzene rings is 1. The molecule has 0 aliphatic rings. The molecule has 114 valence electrons. The van der Waals surface area contributed by atoms with Crippen molar-refractivity contribution >= 4 is 10.0 Å². The number of nitrogens with zero attached hydrogens (tertiary/aromatic N) is 1. The van der Waals surface area contributed by atoms with E-state index in [0.29, 0.717) is 6.54 Å². The Morgan fingerprint density at radius 3 is 2.30 bits per heavy atom. The van der Waals surface area contributed by atoms with Crippen molar-refractivity contribution in [2.75, 3.05) is 13.6 Å². The van der Waals surface area contributed by atoms with Gasteiger partial charge in [0.25, 0.3) is 0 Å². The van der Waals surface area contributed by atoms with Crippen LogP contribution in [0, 0.1) is 18.2 Å². The summed E-state index contributed by atoms with van der Waals surface area (Å²) in [5.74, 6) is -0.565. The molecule has 0 unspecified atom stereocenters. The van der Waals surface area contributed by atoms with Crippen molar-refractivity contribution in [3.8, 4) is 0 Å². The van der Waals surface area contributed by atoms with E-state index in [4.69, 9.17) is 5.11 Å². The standard InChI is InChI=1S/C14H22FNO3S/c1-10-6-12(7-11(8-17)13(10)15)20(18,19)16(5)9-14(2,3)4/h6-7,17H,8-9H2,1-5H3. The van der Waals surface area contributed by atoms with Gasteiger partial charge in [0.15, 0.2) is 0 Å². The van der Waals surface area contributed by atoms with Crippen molar-refractivity contribution in [3.63, 3.8) is 0 Å². The molecule has 0 spiro atoms. The molecule has 0 heterocycles. The molecule has 1 aromatic rings. The van der Waals surface area contributed by atoms with Crippen molar-refractivity contribution < 1.29 is 17.9 Å². The summed E-state index contributed by atoms with van der Waals surface area (Å²) in [6, 6.07) is 2.49. The number of aryl methyl sites for hydroxylation is 1. The van der Waals surface area contributed by atoms with Gasteiger partial charge >= 0.3 is 0 Å². The Bertz CT molecular complexity index is 591. The van der Waals surface area contributed by atoms with Gasteiger partial charge in [-0.2, -0.15) is 0 Å². The molecular formula is C14H22FNO3S. The average molecular weight is 303 g/mol. The molecule has 0 atom stereocenters. The summed E-state index contributed by atoms with van der Waals surface area (Å²) < 4.78 is 39.9. The molecule has 0 bridgehead atoms. The second-order valence-electron chi connectivity index (χ2n) is 6.19. The second-order valence-corrected chi connectivity index (χ2v) is 8.24. The molecular weight excluding hydrogens is 281 g/mol.